The van der Waals surface area contributed by atoms with Crippen LogP contribution in [0.2, 0.25) is 0 Å². The van der Waals surface area contributed by atoms with Gasteiger partial charge in [0.1, 0.15) is 12.1 Å². The number of benzene rings is 1. The molecule has 20 heavy (non-hydrogen) atoms. The van der Waals surface area contributed by atoms with E-state index in [1.807, 2.05) is 25.1 Å². The number of hydrogen-bond acceptors (Lipinski definition) is 4. The second-order valence-corrected chi connectivity index (χ2v) is 5.89. The summed E-state index contributed by atoms with van der Waals surface area (Å²) in [5, 5.41) is 9.14. The molecular formula is C14H18N2O3S. The molecule has 3 unspecified atom stereocenters. The standard InChI is InChI=1S/C14H18N2O3S/c1-2-11-16(10(8-20-11)14(18)19)13(17)12(15)9-6-4-3-5-7-9/h3-7,10-12H,2,8,15H2,1H3,(H,18,19). The molecule has 1 aliphatic heterocycles. The molecule has 1 fully saturated rings. The Bertz CT molecular complexity index is 494. The summed E-state index contributed by atoms with van der Waals surface area (Å²) in [5.41, 5.74) is 6.71. The molecule has 0 aliphatic carbocycles. The zero-order chi connectivity index (χ0) is 14.7. The SMILES string of the molecule is CCC1SCC(C(=O)O)N1C(=O)C(N)c1ccccc1. The van der Waals surface area contributed by atoms with Gasteiger partial charge in [-0.05, 0) is 12.0 Å². The molecule has 0 bridgehead atoms. The lowest BCUT2D eigenvalue weighted by molar-refractivity contribution is -0.149. The highest BCUT2D eigenvalue weighted by Gasteiger charge is 2.42. The van der Waals surface area contributed by atoms with Crippen LogP contribution in [0.1, 0.15) is 24.9 Å². The lowest BCUT2D eigenvalue weighted by Crippen LogP contribution is -2.49. The van der Waals surface area contributed by atoms with Gasteiger partial charge in [0.05, 0.1) is 5.37 Å². The van der Waals surface area contributed by atoms with Crippen molar-refractivity contribution < 1.29 is 14.7 Å². The maximum atomic E-state index is 12.6. The predicted molar refractivity (Wildman–Crippen MR) is 78.2 cm³/mol. The van der Waals surface area contributed by atoms with Gasteiger partial charge in [-0.1, -0.05) is 37.3 Å². The number of aliphatic carboxylic acids is 1. The van der Waals surface area contributed by atoms with Crippen LogP contribution in [0, 0.1) is 0 Å². The van der Waals surface area contributed by atoms with Crippen LogP contribution >= 0.6 is 11.8 Å². The van der Waals surface area contributed by atoms with Crippen LogP contribution in [0.5, 0.6) is 0 Å². The van der Waals surface area contributed by atoms with Gasteiger partial charge in [-0.15, -0.1) is 11.8 Å². The van der Waals surface area contributed by atoms with Gasteiger partial charge in [-0.25, -0.2) is 4.79 Å². The number of hydrogen-bond donors (Lipinski definition) is 2. The van der Waals surface area contributed by atoms with Crippen molar-refractivity contribution in [1.82, 2.24) is 4.90 Å². The van der Waals surface area contributed by atoms with E-state index in [4.69, 9.17) is 5.73 Å². The summed E-state index contributed by atoms with van der Waals surface area (Å²) in [6.07, 6.45) is 0.710. The van der Waals surface area contributed by atoms with E-state index < -0.39 is 18.1 Å². The smallest absolute Gasteiger partial charge is 0.327 e. The number of rotatable bonds is 4. The molecule has 2 rings (SSSR count). The molecule has 5 nitrogen and oxygen atoms in total. The Morgan fingerprint density at radius 1 is 1.45 bits per heavy atom. The molecular weight excluding hydrogens is 276 g/mol. The lowest BCUT2D eigenvalue weighted by Gasteiger charge is -2.29. The molecule has 3 atom stereocenters. The topological polar surface area (TPSA) is 83.6 Å². The molecule has 0 aromatic heterocycles. The number of carboxylic acid groups (broad SMARTS) is 1. The summed E-state index contributed by atoms with van der Waals surface area (Å²) in [5.74, 6) is -0.872. The number of amides is 1. The van der Waals surface area contributed by atoms with Gasteiger partial charge in [0.15, 0.2) is 0 Å². The number of nitrogens with zero attached hydrogens (tertiary/aromatic N) is 1. The average molecular weight is 294 g/mol. The summed E-state index contributed by atoms with van der Waals surface area (Å²) in [7, 11) is 0. The van der Waals surface area contributed by atoms with Crippen molar-refractivity contribution >= 4 is 23.6 Å². The first kappa shape index (κ1) is 14.9. The highest BCUT2D eigenvalue weighted by Crippen LogP contribution is 2.33. The van der Waals surface area contributed by atoms with Crippen molar-refractivity contribution in [2.75, 3.05) is 5.75 Å². The van der Waals surface area contributed by atoms with Gasteiger partial charge >= 0.3 is 5.97 Å². The van der Waals surface area contributed by atoms with Crippen LogP contribution in [0.15, 0.2) is 30.3 Å². The summed E-state index contributed by atoms with van der Waals surface area (Å²) < 4.78 is 0. The van der Waals surface area contributed by atoms with E-state index in [9.17, 15) is 14.7 Å². The summed E-state index contributed by atoms with van der Waals surface area (Å²) >= 11 is 1.50. The third kappa shape index (κ3) is 2.81. The fourth-order valence-electron chi connectivity index (χ4n) is 2.33. The highest BCUT2D eigenvalue weighted by atomic mass is 32.2. The Morgan fingerprint density at radius 2 is 2.10 bits per heavy atom. The third-order valence-electron chi connectivity index (χ3n) is 3.41. The van der Waals surface area contributed by atoms with Gasteiger partial charge in [-0.3, -0.25) is 4.79 Å². The number of carbonyl (C=O) groups is 2. The van der Waals surface area contributed by atoms with Crippen LogP contribution in [-0.4, -0.2) is 39.1 Å². The Morgan fingerprint density at radius 3 is 2.65 bits per heavy atom. The van der Waals surface area contributed by atoms with Crippen LogP contribution in [0.3, 0.4) is 0 Å². The first-order valence-electron chi connectivity index (χ1n) is 6.53. The van der Waals surface area contributed by atoms with E-state index in [-0.39, 0.29) is 11.3 Å². The van der Waals surface area contributed by atoms with Crippen molar-refractivity contribution in [2.24, 2.45) is 5.73 Å². The van der Waals surface area contributed by atoms with Crippen LogP contribution in [0.25, 0.3) is 0 Å². The molecule has 1 aromatic carbocycles. The van der Waals surface area contributed by atoms with Crippen LogP contribution in [0.4, 0.5) is 0 Å². The van der Waals surface area contributed by atoms with Gasteiger partial charge in [-0.2, -0.15) is 0 Å². The molecule has 1 aromatic rings. The zero-order valence-electron chi connectivity index (χ0n) is 11.2. The fraction of sp³-hybridized carbons (Fsp3) is 0.429. The first-order valence-corrected chi connectivity index (χ1v) is 7.58. The molecule has 6 heteroatoms. The molecule has 1 amide bonds. The quantitative estimate of drug-likeness (QED) is 0.878. The molecule has 108 valence electrons. The molecule has 1 saturated heterocycles. The van der Waals surface area contributed by atoms with E-state index >= 15 is 0 Å². The second-order valence-electron chi connectivity index (χ2n) is 4.68. The number of thioether (sulfide) groups is 1. The molecule has 0 spiro atoms. The molecule has 3 N–H and O–H groups in total. The van der Waals surface area contributed by atoms with Gasteiger partial charge in [0, 0.05) is 5.75 Å². The minimum atomic E-state index is -0.970. The number of nitrogens with two attached hydrogens (primary N) is 1. The van der Waals surface area contributed by atoms with Crippen molar-refractivity contribution in [3.8, 4) is 0 Å². The maximum Gasteiger partial charge on any atom is 0.327 e. The minimum Gasteiger partial charge on any atom is -0.480 e. The Labute approximate surface area is 122 Å². The van der Waals surface area contributed by atoms with E-state index in [0.717, 1.165) is 0 Å². The van der Waals surface area contributed by atoms with E-state index in [1.165, 1.54) is 16.7 Å². The third-order valence-corrected chi connectivity index (χ3v) is 4.86. The molecule has 1 aliphatic rings. The lowest BCUT2D eigenvalue weighted by atomic mass is 10.1. The molecule has 1 heterocycles. The summed E-state index contributed by atoms with van der Waals surface area (Å²) in [6.45, 7) is 1.94. The molecule has 0 radical (unpaired) electrons. The average Bonchev–Trinajstić information content (AvgIpc) is 2.90. The second kappa shape index (κ2) is 6.28. The predicted octanol–water partition coefficient (Wildman–Crippen LogP) is 1.45. The Hall–Kier alpha value is -1.53. The Kier molecular flexibility index (Phi) is 4.67. The van der Waals surface area contributed by atoms with Crippen molar-refractivity contribution in [1.29, 1.82) is 0 Å². The first-order chi connectivity index (χ1) is 9.56. The Balaban J connectivity index is 2.23. The van der Waals surface area contributed by atoms with Crippen LogP contribution in [-0.2, 0) is 9.59 Å². The van der Waals surface area contributed by atoms with Gasteiger partial charge < -0.3 is 15.7 Å². The number of carboxylic acids is 1. The monoisotopic (exact) mass is 294 g/mol. The highest BCUT2D eigenvalue weighted by molar-refractivity contribution is 8.00. The fourth-order valence-corrected chi connectivity index (χ4v) is 3.68. The van der Waals surface area contributed by atoms with E-state index in [1.54, 1.807) is 12.1 Å². The minimum absolute atomic E-state index is 0.113. The largest absolute Gasteiger partial charge is 0.480 e. The molecule has 0 saturated carbocycles. The van der Waals surface area contributed by atoms with E-state index in [0.29, 0.717) is 17.7 Å². The van der Waals surface area contributed by atoms with Crippen LogP contribution < -0.4 is 5.73 Å². The number of carbonyl (C=O) groups excluding carboxylic acids is 1. The maximum absolute atomic E-state index is 12.6. The zero-order valence-corrected chi connectivity index (χ0v) is 12.0. The van der Waals surface area contributed by atoms with Crippen molar-refractivity contribution in [3.63, 3.8) is 0 Å². The van der Waals surface area contributed by atoms with Gasteiger partial charge in [0.2, 0.25) is 5.91 Å². The summed E-state index contributed by atoms with van der Waals surface area (Å²) in [4.78, 5) is 25.3. The van der Waals surface area contributed by atoms with Gasteiger partial charge in [0.25, 0.3) is 0 Å². The van der Waals surface area contributed by atoms with Crippen molar-refractivity contribution in [2.45, 2.75) is 30.8 Å². The normalized spacial score (nSPS) is 23.6. The van der Waals surface area contributed by atoms with E-state index in [2.05, 4.69) is 0 Å². The summed E-state index contributed by atoms with van der Waals surface area (Å²) in [6, 6.07) is 7.44. The van der Waals surface area contributed by atoms with Crippen molar-refractivity contribution in [3.05, 3.63) is 35.9 Å².